The summed E-state index contributed by atoms with van der Waals surface area (Å²) in [6.45, 7) is 0.422. The summed E-state index contributed by atoms with van der Waals surface area (Å²) in [5.74, 6) is 0.0568. The quantitative estimate of drug-likeness (QED) is 0.556. The molecule has 0 aromatic heterocycles. The molecule has 122 valence electrons. The van der Waals surface area contributed by atoms with Crippen LogP contribution in [0.15, 0.2) is 18.2 Å². The van der Waals surface area contributed by atoms with Gasteiger partial charge in [-0.2, -0.15) is 0 Å². The first-order valence-electron chi connectivity index (χ1n) is 7.15. The van der Waals surface area contributed by atoms with Gasteiger partial charge in [0.2, 0.25) is 0 Å². The second kappa shape index (κ2) is 9.65. The second-order valence-electron chi connectivity index (χ2n) is 4.71. The van der Waals surface area contributed by atoms with Crippen LogP contribution in [0, 0.1) is 0 Å². The van der Waals surface area contributed by atoms with Crippen LogP contribution in [0.4, 0.5) is 0 Å². The van der Waals surface area contributed by atoms with Crippen LogP contribution in [-0.4, -0.2) is 37.9 Å². The predicted octanol–water partition coefficient (Wildman–Crippen LogP) is 2.22. The topological polar surface area (TPSA) is 82.1 Å². The van der Waals surface area contributed by atoms with Crippen molar-refractivity contribution in [1.29, 1.82) is 0 Å². The Bertz CT molecular complexity index is 497. The first kappa shape index (κ1) is 17.8. The van der Waals surface area contributed by atoms with Crippen molar-refractivity contribution < 1.29 is 28.9 Å². The standard InChI is InChI=1S/C16H22O6/c1-20-15(18)8-3-4-11-22-14-7-5-6-13(17)12(14)9-10-16(19)21-2/h5-7,17H,3-4,8-11H2,1-2H3. The number of carbonyl (C=O) groups is 2. The SMILES string of the molecule is COC(=O)CCCCOc1cccc(O)c1CCC(=O)OC. The largest absolute Gasteiger partial charge is 0.508 e. The monoisotopic (exact) mass is 310 g/mol. The van der Waals surface area contributed by atoms with Gasteiger partial charge in [0, 0.05) is 18.4 Å². The molecule has 0 fully saturated rings. The molecule has 1 rings (SSSR count). The fraction of sp³-hybridized carbons (Fsp3) is 0.500. The van der Waals surface area contributed by atoms with Gasteiger partial charge in [-0.25, -0.2) is 0 Å². The van der Waals surface area contributed by atoms with Gasteiger partial charge >= 0.3 is 11.9 Å². The number of methoxy groups -OCH3 is 2. The number of esters is 2. The minimum atomic E-state index is -0.340. The molecule has 0 radical (unpaired) electrons. The van der Waals surface area contributed by atoms with E-state index in [2.05, 4.69) is 9.47 Å². The van der Waals surface area contributed by atoms with Crippen molar-refractivity contribution in [3.63, 3.8) is 0 Å². The van der Waals surface area contributed by atoms with E-state index in [1.807, 2.05) is 0 Å². The van der Waals surface area contributed by atoms with E-state index in [-0.39, 0.29) is 24.1 Å². The normalized spacial score (nSPS) is 10.1. The Balaban J connectivity index is 2.50. The lowest BCUT2D eigenvalue weighted by Gasteiger charge is -2.12. The number of phenolic OH excluding ortho intramolecular Hbond substituents is 1. The highest BCUT2D eigenvalue weighted by Crippen LogP contribution is 2.29. The molecular weight excluding hydrogens is 288 g/mol. The molecule has 0 aliphatic rings. The fourth-order valence-corrected chi connectivity index (χ4v) is 1.93. The lowest BCUT2D eigenvalue weighted by atomic mass is 10.1. The van der Waals surface area contributed by atoms with Crippen LogP contribution in [0.5, 0.6) is 11.5 Å². The van der Waals surface area contributed by atoms with Gasteiger partial charge in [-0.15, -0.1) is 0 Å². The van der Waals surface area contributed by atoms with E-state index in [0.717, 1.165) is 0 Å². The van der Waals surface area contributed by atoms with Crippen LogP contribution in [0.3, 0.4) is 0 Å². The molecule has 6 heteroatoms. The molecular formula is C16H22O6. The average molecular weight is 310 g/mol. The summed E-state index contributed by atoms with van der Waals surface area (Å²) >= 11 is 0. The van der Waals surface area contributed by atoms with Gasteiger partial charge in [0.1, 0.15) is 11.5 Å². The van der Waals surface area contributed by atoms with Crippen LogP contribution >= 0.6 is 0 Å². The fourth-order valence-electron chi connectivity index (χ4n) is 1.93. The molecule has 0 heterocycles. The van der Waals surface area contributed by atoms with E-state index in [4.69, 9.17) is 4.74 Å². The molecule has 22 heavy (non-hydrogen) atoms. The van der Waals surface area contributed by atoms with Crippen LogP contribution in [0.25, 0.3) is 0 Å². The van der Waals surface area contributed by atoms with Gasteiger partial charge in [0.15, 0.2) is 0 Å². The Labute approximate surface area is 130 Å². The third-order valence-corrected chi connectivity index (χ3v) is 3.18. The first-order valence-corrected chi connectivity index (χ1v) is 7.15. The minimum absolute atomic E-state index is 0.0935. The summed E-state index contributed by atoms with van der Waals surface area (Å²) in [5.41, 5.74) is 0.584. The van der Waals surface area contributed by atoms with E-state index in [1.165, 1.54) is 14.2 Å². The van der Waals surface area contributed by atoms with Crippen molar-refractivity contribution in [3.8, 4) is 11.5 Å². The second-order valence-corrected chi connectivity index (χ2v) is 4.71. The molecule has 0 unspecified atom stereocenters. The van der Waals surface area contributed by atoms with E-state index in [1.54, 1.807) is 18.2 Å². The number of hydrogen-bond donors (Lipinski definition) is 1. The van der Waals surface area contributed by atoms with Crippen molar-refractivity contribution in [3.05, 3.63) is 23.8 Å². The zero-order chi connectivity index (χ0) is 16.4. The number of hydrogen-bond acceptors (Lipinski definition) is 6. The average Bonchev–Trinajstić information content (AvgIpc) is 2.53. The van der Waals surface area contributed by atoms with Gasteiger partial charge in [-0.1, -0.05) is 6.07 Å². The Kier molecular flexibility index (Phi) is 7.81. The summed E-state index contributed by atoms with van der Waals surface area (Å²) in [6, 6.07) is 4.98. The molecule has 0 aliphatic carbocycles. The van der Waals surface area contributed by atoms with Crippen LogP contribution < -0.4 is 4.74 Å². The smallest absolute Gasteiger partial charge is 0.305 e. The molecule has 0 spiro atoms. The summed E-state index contributed by atoms with van der Waals surface area (Å²) in [6.07, 6.45) is 2.24. The Morgan fingerprint density at radius 2 is 1.73 bits per heavy atom. The molecule has 1 N–H and O–H groups in total. The van der Waals surface area contributed by atoms with Crippen molar-refractivity contribution in [2.75, 3.05) is 20.8 Å². The van der Waals surface area contributed by atoms with E-state index >= 15 is 0 Å². The predicted molar refractivity (Wildman–Crippen MR) is 79.8 cm³/mol. The summed E-state index contributed by atoms with van der Waals surface area (Å²) in [4.78, 5) is 22.2. The maximum absolute atomic E-state index is 11.2. The third-order valence-electron chi connectivity index (χ3n) is 3.18. The number of rotatable bonds is 9. The van der Waals surface area contributed by atoms with Crippen molar-refractivity contribution in [2.45, 2.75) is 32.1 Å². The molecule has 0 atom stereocenters. The number of phenols is 1. The maximum Gasteiger partial charge on any atom is 0.305 e. The van der Waals surface area contributed by atoms with Crippen LogP contribution in [0.1, 0.15) is 31.2 Å². The highest BCUT2D eigenvalue weighted by Gasteiger charge is 2.11. The highest BCUT2D eigenvalue weighted by molar-refractivity contribution is 5.70. The Hall–Kier alpha value is -2.24. The summed E-state index contributed by atoms with van der Waals surface area (Å²) < 4.78 is 14.8. The number of aromatic hydroxyl groups is 1. The number of ether oxygens (including phenoxy) is 3. The van der Waals surface area contributed by atoms with Gasteiger partial charge in [0.25, 0.3) is 0 Å². The molecule has 0 saturated heterocycles. The third kappa shape index (κ3) is 6.03. The summed E-state index contributed by atoms with van der Waals surface area (Å²) in [5, 5.41) is 9.89. The minimum Gasteiger partial charge on any atom is -0.508 e. The van der Waals surface area contributed by atoms with Crippen LogP contribution in [-0.2, 0) is 25.5 Å². The molecule has 0 aliphatic heterocycles. The van der Waals surface area contributed by atoms with E-state index in [9.17, 15) is 14.7 Å². The van der Waals surface area contributed by atoms with Gasteiger partial charge in [0.05, 0.1) is 20.8 Å². The number of benzene rings is 1. The Morgan fingerprint density at radius 3 is 2.41 bits per heavy atom. The first-order chi connectivity index (χ1) is 10.6. The van der Waals surface area contributed by atoms with Gasteiger partial charge in [-0.3, -0.25) is 9.59 Å². The lowest BCUT2D eigenvalue weighted by molar-refractivity contribution is -0.141. The van der Waals surface area contributed by atoms with E-state index in [0.29, 0.717) is 43.6 Å². The molecule has 1 aromatic rings. The maximum atomic E-state index is 11.2. The molecule has 0 saturated carbocycles. The molecule has 0 bridgehead atoms. The lowest BCUT2D eigenvalue weighted by Crippen LogP contribution is -2.06. The molecule has 1 aromatic carbocycles. The molecule has 6 nitrogen and oxygen atoms in total. The highest BCUT2D eigenvalue weighted by atomic mass is 16.5. The van der Waals surface area contributed by atoms with E-state index < -0.39 is 0 Å². The van der Waals surface area contributed by atoms with Crippen molar-refractivity contribution in [2.24, 2.45) is 0 Å². The zero-order valence-corrected chi connectivity index (χ0v) is 13.0. The summed E-state index contributed by atoms with van der Waals surface area (Å²) in [7, 11) is 2.69. The van der Waals surface area contributed by atoms with Crippen molar-refractivity contribution >= 4 is 11.9 Å². The number of carbonyl (C=O) groups excluding carboxylic acids is 2. The van der Waals surface area contributed by atoms with Gasteiger partial charge in [-0.05, 0) is 31.4 Å². The van der Waals surface area contributed by atoms with Crippen LogP contribution in [0.2, 0.25) is 0 Å². The van der Waals surface area contributed by atoms with Crippen molar-refractivity contribution in [1.82, 2.24) is 0 Å². The number of unbranched alkanes of at least 4 members (excludes halogenated alkanes) is 1. The van der Waals surface area contributed by atoms with Gasteiger partial charge < -0.3 is 19.3 Å². The molecule has 0 amide bonds. The Morgan fingerprint density at radius 1 is 1.05 bits per heavy atom. The zero-order valence-electron chi connectivity index (χ0n) is 13.0.